The van der Waals surface area contributed by atoms with Gasteiger partial charge in [-0.15, -0.1) is 11.3 Å². The average Bonchev–Trinajstić information content (AvgIpc) is 2.75. The van der Waals surface area contributed by atoms with Crippen LogP contribution in [-0.2, 0) is 11.2 Å². The lowest BCUT2D eigenvalue weighted by Gasteiger charge is -2.38. The van der Waals surface area contributed by atoms with Crippen molar-refractivity contribution in [1.29, 1.82) is 0 Å². The van der Waals surface area contributed by atoms with Crippen molar-refractivity contribution in [1.82, 2.24) is 14.3 Å². The maximum Gasteiger partial charge on any atom is 0.228 e. The number of hydrogen-bond acceptors (Lipinski definition) is 4. The molecule has 1 N–H and O–H groups in total. The maximum absolute atomic E-state index is 11.9. The second kappa shape index (κ2) is 4.12. The van der Waals surface area contributed by atoms with Gasteiger partial charge in [0, 0.05) is 43.4 Å². The Morgan fingerprint density at radius 1 is 1.59 bits per heavy atom. The molecular formula is C11H13N3O2S. The first-order valence-corrected chi connectivity index (χ1v) is 6.44. The molecule has 0 saturated carbocycles. The summed E-state index contributed by atoms with van der Waals surface area (Å²) >= 11 is 1.56. The first kappa shape index (κ1) is 10.7. The van der Waals surface area contributed by atoms with Crippen molar-refractivity contribution in [3.63, 3.8) is 0 Å². The van der Waals surface area contributed by atoms with Crippen molar-refractivity contribution >= 4 is 22.2 Å². The summed E-state index contributed by atoms with van der Waals surface area (Å²) in [5.74, 6) is 0.366. The van der Waals surface area contributed by atoms with E-state index in [0.717, 1.165) is 10.7 Å². The highest BCUT2D eigenvalue weighted by Crippen LogP contribution is 2.17. The third kappa shape index (κ3) is 1.94. The normalized spacial score (nSPS) is 16.4. The number of rotatable bonds is 3. The van der Waals surface area contributed by atoms with Crippen LogP contribution in [0.3, 0.4) is 0 Å². The zero-order valence-corrected chi connectivity index (χ0v) is 10.1. The van der Waals surface area contributed by atoms with Gasteiger partial charge in [-0.1, -0.05) is 0 Å². The van der Waals surface area contributed by atoms with E-state index in [2.05, 4.69) is 4.98 Å². The number of carbonyl (C=O) groups is 1. The summed E-state index contributed by atoms with van der Waals surface area (Å²) in [5, 5.41) is 10.9. The molecule has 0 bridgehead atoms. The summed E-state index contributed by atoms with van der Waals surface area (Å²) < 4.78 is 1.93. The van der Waals surface area contributed by atoms with E-state index in [-0.39, 0.29) is 18.4 Å². The number of aliphatic hydroxyl groups excluding tert-OH is 1. The molecule has 3 heterocycles. The topological polar surface area (TPSA) is 57.8 Å². The first-order valence-electron chi connectivity index (χ1n) is 5.56. The molecule has 1 aliphatic rings. The van der Waals surface area contributed by atoms with Crippen LogP contribution in [-0.4, -0.2) is 45.0 Å². The molecule has 2 aromatic heterocycles. The molecule has 1 amide bonds. The number of aliphatic hydroxyl groups is 1. The molecule has 0 spiro atoms. The van der Waals surface area contributed by atoms with Gasteiger partial charge in [-0.25, -0.2) is 4.98 Å². The van der Waals surface area contributed by atoms with Crippen molar-refractivity contribution in [2.24, 2.45) is 5.92 Å². The van der Waals surface area contributed by atoms with E-state index in [9.17, 15) is 4.79 Å². The van der Waals surface area contributed by atoms with Gasteiger partial charge in [-0.2, -0.15) is 0 Å². The first-order chi connectivity index (χ1) is 8.26. The number of fused-ring (bicyclic) bond motifs is 1. The molecule has 2 aromatic rings. The summed E-state index contributed by atoms with van der Waals surface area (Å²) in [4.78, 5) is 18.9. The fourth-order valence-electron chi connectivity index (χ4n) is 2.02. The fourth-order valence-corrected chi connectivity index (χ4v) is 2.74. The molecule has 6 heteroatoms. The van der Waals surface area contributed by atoms with Gasteiger partial charge in [0.05, 0.1) is 12.1 Å². The summed E-state index contributed by atoms with van der Waals surface area (Å²) in [7, 11) is 0. The molecule has 0 radical (unpaired) electrons. The minimum Gasteiger partial charge on any atom is -0.396 e. The van der Waals surface area contributed by atoms with Gasteiger partial charge in [0.1, 0.15) is 0 Å². The van der Waals surface area contributed by atoms with E-state index in [1.807, 2.05) is 22.2 Å². The smallest absolute Gasteiger partial charge is 0.228 e. The number of carbonyl (C=O) groups excluding carboxylic acids is 1. The molecule has 17 heavy (non-hydrogen) atoms. The van der Waals surface area contributed by atoms with Gasteiger partial charge < -0.3 is 10.0 Å². The molecule has 0 aliphatic carbocycles. The monoisotopic (exact) mass is 251 g/mol. The van der Waals surface area contributed by atoms with Gasteiger partial charge in [0.2, 0.25) is 5.91 Å². The molecule has 0 atom stereocenters. The van der Waals surface area contributed by atoms with E-state index >= 15 is 0 Å². The largest absolute Gasteiger partial charge is 0.396 e. The maximum atomic E-state index is 11.9. The van der Waals surface area contributed by atoms with E-state index in [1.165, 1.54) is 0 Å². The quantitative estimate of drug-likeness (QED) is 0.858. The third-order valence-corrected chi connectivity index (χ3v) is 3.81. The number of hydrogen-bond donors (Lipinski definition) is 1. The van der Waals surface area contributed by atoms with Crippen molar-refractivity contribution < 1.29 is 9.90 Å². The lowest BCUT2D eigenvalue weighted by atomic mass is 10.0. The van der Waals surface area contributed by atoms with Gasteiger partial charge >= 0.3 is 0 Å². The van der Waals surface area contributed by atoms with E-state index in [0.29, 0.717) is 19.5 Å². The van der Waals surface area contributed by atoms with Crippen LogP contribution in [0.5, 0.6) is 0 Å². The Morgan fingerprint density at radius 3 is 3.12 bits per heavy atom. The number of nitrogens with zero attached hydrogens (tertiary/aromatic N) is 3. The summed E-state index contributed by atoms with van der Waals surface area (Å²) in [6.45, 7) is 1.53. The standard InChI is InChI=1S/C11H13N3O2S/c15-7-8-4-14(5-8)10(16)3-9-6-13-1-2-17-11(13)12-9/h1-2,6,8,15H,3-5,7H2. The van der Waals surface area contributed by atoms with Crippen LogP contribution in [0.2, 0.25) is 0 Å². The van der Waals surface area contributed by atoms with Crippen LogP contribution >= 0.6 is 11.3 Å². The third-order valence-electron chi connectivity index (χ3n) is 3.04. The Labute approximate surface area is 102 Å². The fraction of sp³-hybridized carbons (Fsp3) is 0.455. The van der Waals surface area contributed by atoms with E-state index < -0.39 is 0 Å². The van der Waals surface area contributed by atoms with Crippen LogP contribution in [0.15, 0.2) is 17.8 Å². The minimum absolute atomic E-state index is 0.0976. The van der Waals surface area contributed by atoms with Crippen molar-refractivity contribution in [2.45, 2.75) is 6.42 Å². The van der Waals surface area contributed by atoms with Gasteiger partial charge in [0.25, 0.3) is 0 Å². The SMILES string of the molecule is O=C(Cc1cn2ccsc2n1)N1CC(CO)C1. The highest BCUT2D eigenvalue weighted by Gasteiger charge is 2.29. The Kier molecular flexibility index (Phi) is 2.60. The zero-order chi connectivity index (χ0) is 11.8. The lowest BCUT2D eigenvalue weighted by molar-refractivity contribution is -0.137. The van der Waals surface area contributed by atoms with Crippen molar-refractivity contribution in [3.05, 3.63) is 23.5 Å². The molecule has 0 unspecified atom stereocenters. The number of aromatic nitrogens is 2. The van der Waals surface area contributed by atoms with Crippen LogP contribution in [0.4, 0.5) is 0 Å². The minimum atomic E-state index is 0.0976. The molecule has 5 nitrogen and oxygen atoms in total. The average molecular weight is 251 g/mol. The number of likely N-dealkylation sites (tertiary alicyclic amines) is 1. The molecule has 1 fully saturated rings. The predicted molar refractivity (Wildman–Crippen MR) is 63.9 cm³/mol. The van der Waals surface area contributed by atoms with Gasteiger partial charge in [-0.05, 0) is 0 Å². The Hall–Kier alpha value is -1.40. The Balaban J connectivity index is 1.63. The van der Waals surface area contributed by atoms with Crippen LogP contribution < -0.4 is 0 Å². The molecular weight excluding hydrogens is 238 g/mol. The molecule has 90 valence electrons. The molecule has 0 aromatic carbocycles. The molecule has 1 saturated heterocycles. The Bertz CT molecular complexity index is 513. The number of amides is 1. The second-order valence-corrected chi connectivity index (χ2v) is 5.22. The highest BCUT2D eigenvalue weighted by molar-refractivity contribution is 7.15. The van der Waals surface area contributed by atoms with Crippen LogP contribution in [0.1, 0.15) is 5.69 Å². The van der Waals surface area contributed by atoms with Crippen LogP contribution in [0, 0.1) is 5.92 Å². The summed E-state index contributed by atoms with van der Waals surface area (Å²) in [6.07, 6.45) is 4.19. The van der Waals surface area contributed by atoms with Gasteiger partial charge in [0.15, 0.2) is 4.96 Å². The summed E-state index contributed by atoms with van der Waals surface area (Å²) in [6, 6.07) is 0. The number of thiazole rings is 1. The highest BCUT2D eigenvalue weighted by atomic mass is 32.1. The van der Waals surface area contributed by atoms with Crippen molar-refractivity contribution in [2.75, 3.05) is 19.7 Å². The van der Waals surface area contributed by atoms with E-state index in [1.54, 1.807) is 16.2 Å². The molecule has 3 rings (SSSR count). The van der Waals surface area contributed by atoms with E-state index in [4.69, 9.17) is 5.11 Å². The Morgan fingerprint density at radius 2 is 2.41 bits per heavy atom. The summed E-state index contributed by atoms with van der Waals surface area (Å²) in [5.41, 5.74) is 0.814. The lowest BCUT2D eigenvalue weighted by Crippen LogP contribution is -2.51. The van der Waals surface area contributed by atoms with Crippen molar-refractivity contribution in [3.8, 4) is 0 Å². The number of imidazole rings is 1. The van der Waals surface area contributed by atoms with Crippen LogP contribution in [0.25, 0.3) is 4.96 Å². The zero-order valence-electron chi connectivity index (χ0n) is 9.24. The molecule has 1 aliphatic heterocycles. The second-order valence-electron chi connectivity index (χ2n) is 4.35. The predicted octanol–water partition coefficient (Wildman–Crippen LogP) is 0.389. The van der Waals surface area contributed by atoms with Gasteiger partial charge in [-0.3, -0.25) is 9.20 Å².